The third-order valence-corrected chi connectivity index (χ3v) is 3.95. The molecule has 1 atom stereocenters. The van der Waals surface area contributed by atoms with Gasteiger partial charge in [-0.1, -0.05) is 35.4 Å². The van der Waals surface area contributed by atoms with Crippen LogP contribution in [0.3, 0.4) is 0 Å². The minimum absolute atomic E-state index is 0.160. The van der Waals surface area contributed by atoms with Crippen LogP contribution in [0, 0.1) is 12.7 Å². The van der Waals surface area contributed by atoms with Gasteiger partial charge in [0.25, 0.3) is 0 Å². The zero-order valence-corrected chi connectivity index (χ0v) is 11.5. The Balaban J connectivity index is 1.86. The Morgan fingerprint density at radius 3 is 2.84 bits per heavy atom. The zero-order valence-electron chi connectivity index (χ0n) is 10.7. The Morgan fingerprint density at radius 1 is 1.21 bits per heavy atom. The lowest BCUT2D eigenvalue weighted by atomic mass is 10.0. The van der Waals surface area contributed by atoms with Crippen molar-refractivity contribution in [3.05, 3.63) is 63.9 Å². The lowest BCUT2D eigenvalue weighted by Crippen LogP contribution is -2.07. The lowest BCUT2D eigenvalue weighted by molar-refractivity contribution is 0.628. The predicted octanol–water partition coefficient (Wildman–Crippen LogP) is 4.89. The summed E-state index contributed by atoms with van der Waals surface area (Å²) in [4.78, 5) is 0. The van der Waals surface area contributed by atoms with Crippen molar-refractivity contribution in [2.45, 2.75) is 25.8 Å². The second-order valence-corrected chi connectivity index (χ2v) is 5.47. The summed E-state index contributed by atoms with van der Waals surface area (Å²) in [5.41, 5.74) is 4.75. The molecule has 2 aromatic rings. The van der Waals surface area contributed by atoms with E-state index in [1.54, 1.807) is 6.07 Å². The summed E-state index contributed by atoms with van der Waals surface area (Å²) in [6.45, 7) is 2.09. The lowest BCUT2D eigenvalue weighted by Gasteiger charge is -2.16. The highest BCUT2D eigenvalue weighted by Gasteiger charge is 2.22. The average Bonchev–Trinajstić information content (AvgIpc) is 2.77. The number of fused-ring (bicyclic) bond motifs is 1. The van der Waals surface area contributed by atoms with Gasteiger partial charge in [0.1, 0.15) is 5.82 Å². The van der Waals surface area contributed by atoms with Crippen LogP contribution in [0.5, 0.6) is 0 Å². The largest absolute Gasteiger partial charge is 0.378 e. The fraction of sp³-hybridized carbons (Fsp3) is 0.250. The molecule has 3 rings (SSSR count). The van der Waals surface area contributed by atoms with E-state index in [1.807, 2.05) is 6.07 Å². The standard InChI is InChI=1S/C16H15ClFN/c1-10-2-3-11-4-7-16(13(11)8-10)19-12-5-6-14(17)15(18)9-12/h2-3,5-6,8-9,16,19H,4,7H2,1H3. The van der Waals surface area contributed by atoms with E-state index in [0.29, 0.717) is 0 Å². The predicted molar refractivity (Wildman–Crippen MR) is 77.3 cm³/mol. The molecule has 0 bridgehead atoms. The van der Waals surface area contributed by atoms with Gasteiger partial charge >= 0.3 is 0 Å². The molecular weight excluding hydrogens is 261 g/mol. The highest BCUT2D eigenvalue weighted by Crippen LogP contribution is 2.34. The minimum atomic E-state index is -0.380. The topological polar surface area (TPSA) is 12.0 Å². The van der Waals surface area contributed by atoms with Crippen molar-refractivity contribution in [1.82, 2.24) is 0 Å². The number of hydrogen-bond donors (Lipinski definition) is 1. The molecule has 0 heterocycles. The van der Waals surface area contributed by atoms with Crippen molar-refractivity contribution in [2.24, 2.45) is 0 Å². The van der Waals surface area contributed by atoms with Crippen molar-refractivity contribution >= 4 is 17.3 Å². The van der Waals surface area contributed by atoms with Crippen molar-refractivity contribution in [3.63, 3.8) is 0 Å². The molecule has 0 amide bonds. The summed E-state index contributed by atoms with van der Waals surface area (Å²) >= 11 is 5.70. The number of rotatable bonds is 2. The van der Waals surface area contributed by atoms with E-state index in [-0.39, 0.29) is 16.9 Å². The van der Waals surface area contributed by atoms with Crippen molar-refractivity contribution in [2.75, 3.05) is 5.32 Å². The van der Waals surface area contributed by atoms with E-state index in [9.17, 15) is 4.39 Å². The second kappa shape index (κ2) is 4.86. The van der Waals surface area contributed by atoms with E-state index in [2.05, 4.69) is 30.4 Å². The van der Waals surface area contributed by atoms with Gasteiger partial charge in [-0.15, -0.1) is 0 Å². The molecule has 1 nitrogen and oxygen atoms in total. The van der Waals surface area contributed by atoms with Crippen LogP contribution in [-0.4, -0.2) is 0 Å². The van der Waals surface area contributed by atoms with Gasteiger partial charge in [0.2, 0.25) is 0 Å². The van der Waals surface area contributed by atoms with Crippen LogP contribution in [0.25, 0.3) is 0 Å². The van der Waals surface area contributed by atoms with Crippen LogP contribution in [0.2, 0.25) is 5.02 Å². The quantitative estimate of drug-likeness (QED) is 0.823. The summed E-state index contributed by atoms with van der Waals surface area (Å²) in [5, 5.41) is 3.55. The van der Waals surface area contributed by atoms with Crippen LogP contribution in [0.1, 0.15) is 29.2 Å². The number of aryl methyl sites for hydroxylation is 2. The SMILES string of the molecule is Cc1ccc2c(c1)C(Nc1ccc(Cl)c(F)c1)CC2. The van der Waals surface area contributed by atoms with E-state index in [1.165, 1.54) is 22.8 Å². The summed E-state index contributed by atoms with van der Waals surface area (Å²) in [7, 11) is 0. The number of nitrogens with one attached hydrogen (secondary N) is 1. The highest BCUT2D eigenvalue weighted by atomic mass is 35.5. The Hall–Kier alpha value is -1.54. The minimum Gasteiger partial charge on any atom is -0.378 e. The number of halogens is 2. The van der Waals surface area contributed by atoms with E-state index in [4.69, 9.17) is 11.6 Å². The molecule has 0 aliphatic heterocycles. The third-order valence-electron chi connectivity index (χ3n) is 3.64. The zero-order chi connectivity index (χ0) is 13.4. The molecular formula is C16H15ClFN. The van der Waals surface area contributed by atoms with Crippen LogP contribution in [0.4, 0.5) is 10.1 Å². The first kappa shape index (κ1) is 12.5. The van der Waals surface area contributed by atoms with E-state index in [0.717, 1.165) is 18.5 Å². The summed E-state index contributed by atoms with van der Waals surface area (Å²) in [6.07, 6.45) is 2.12. The molecule has 0 radical (unpaired) electrons. The Morgan fingerprint density at radius 2 is 2.05 bits per heavy atom. The molecule has 0 saturated heterocycles. The highest BCUT2D eigenvalue weighted by molar-refractivity contribution is 6.30. The number of benzene rings is 2. The molecule has 1 aliphatic carbocycles. The Kier molecular flexibility index (Phi) is 3.19. The van der Waals surface area contributed by atoms with Gasteiger partial charge in [-0.3, -0.25) is 0 Å². The maximum atomic E-state index is 13.4. The third kappa shape index (κ3) is 2.45. The molecule has 0 aromatic heterocycles. The fourth-order valence-electron chi connectivity index (χ4n) is 2.66. The van der Waals surface area contributed by atoms with Crippen molar-refractivity contribution in [3.8, 4) is 0 Å². The molecule has 0 saturated carbocycles. The van der Waals surface area contributed by atoms with Gasteiger partial charge in [0.05, 0.1) is 11.1 Å². The van der Waals surface area contributed by atoms with Crippen LogP contribution >= 0.6 is 11.6 Å². The Bertz CT molecular complexity index is 624. The second-order valence-electron chi connectivity index (χ2n) is 5.07. The van der Waals surface area contributed by atoms with Gasteiger partial charge in [0.15, 0.2) is 0 Å². The molecule has 0 fully saturated rings. The van der Waals surface area contributed by atoms with Crippen LogP contribution in [-0.2, 0) is 6.42 Å². The first-order valence-corrected chi connectivity index (χ1v) is 6.82. The first-order valence-electron chi connectivity index (χ1n) is 6.44. The van der Waals surface area contributed by atoms with Crippen LogP contribution in [0.15, 0.2) is 36.4 Å². The van der Waals surface area contributed by atoms with E-state index < -0.39 is 0 Å². The number of hydrogen-bond acceptors (Lipinski definition) is 1. The van der Waals surface area contributed by atoms with Gasteiger partial charge < -0.3 is 5.32 Å². The monoisotopic (exact) mass is 275 g/mol. The summed E-state index contributed by atoms with van der Waals surface area (Å²) < 4.78 is 13.4. The smallest absolute Gasteiger partial charge is 0.143 e. The summed E-state index contributed by atoms with van der Waals surface area (Å²) in [5.74, 6) is -0.380. The van der Waals surface area contributed by atoms with Gasteiger partial charge in [-0.2, -0.15) is 0 Å². The summed E-state index contributed by atoms with van der Waals surface area (Å²) in [6, 6.07) is 11.7. The Labute approximate surface area is 117 Å². The molecule has 98 valence electrons. The first-order chi connectivity index (χ1) is 9.13. The molecule has 1 N–H and O–H groups in total. The number of anilines is 1. The molecule has 3 heteroatoms. The molecule has 1 unspecified atom stereocenters. The van der Waals surface area contributed by atoms with Crippen LogP contribution < -0.4 is 5.32 Å². The maximum Gasteiger partial charge on any atom is 0.143 e. The molecule has 2 aromatic carbocycles. The normalized spacial score (nSPS) is 17.3. The fourth-order valence-corrected chi connectivity index (χ4v) is 2.78. The average molecular weight is 276 g/mol. The van der Waals surface area contributed by atoms with Gasteiger partial charge in [0, 0.05) is 5.69 Å². The van der Waals surface area contributed by atoms with Crippen molar-refractivity contribution < 1.29 is 4.39 Å². The van der Waals surface area contributed by atoms with E-state index >= 15 is 0 Å². The molecule has 19 heavy (non-hydrogen) atoms. The maximum absolute atomic E-state index is 13.4. The molecule has 1 aliphatic rings. The molecule has 0 spiro atoms. The van der Waals surface area contributed by atoms with Crippen molar-refractivity contribution in [1.29, 1.82) is 0 Å². The van der Waals surface area contributed by atoms with Gasteiger partial charge in [-0.05, 0) is 49.1 Å². The van der Waals surface area contributed by atoms with Gasteiger partial charge in [-0.25, -0.2) is 4.39 Å².